The second-order valence-electron chi connectivity index (χ2n) is 4.59. The third-order valence-electron chi connectivity index (χ3n) is 3.31. The van der Waals surface area contributed by atoms with Crippen molar-refractivity contribution in [3.8, 4) is 0 Å². The van der Waals surface area contributed by atoms with Crippen molar-refractivity contribution in [3.05, 3.63) is 0 Å². The predicted molar refractivity (Wildman–Crippen MR) is 64.9 cm³/mol. The summed E-state index contributed by atoms with van der Waals surface area (Å²) in [5.41, 5.74) is 5.15. The van der Waals surface area contributed by atoms with Gasteiger partial charge in [-0.15, -0.1) is 0 Å². The standard InChI is InChI=1S/C10H19N3O4S/c11-10(14)9-8-13(6-7-17-9)18(15,16)12-4-2-1-3-5-12/h9H,1-8H2,(H2,11,14)/t9-/m0/s1. The zero-order valence-electron chi connectivity index (χ0n) is 10.2. The highest BCUT2D eigenvalue weighted by atomic mass is 32.2. The van der Waals surface area contributed by atoms with Crippen LogP contribution in [-0.4, -0.2) is 61.8 Å². The number of carbonyl (C=O) groups excluding carboxylic acids is 1. The van der Waals surface area contributed by atoms with Gasteiger partial charge in [-0.05, 0) is 12.8 Å². The molecule has 0 spiro atoms. The van der Waals surface area contributed by atoms with Crippen molar-refractivity contribution >= 4 is 16.1 Å². The third kappa shape index (κ3) is 2.82. The number of nitrogens with two attached hydrogens (primary N) is 1. The first-order valence-corrected chi connectivity index (χ1v) is 7.57. The molecule has 2 aliphatic heterocycles. The Kier molecular flexibility index (Phi) is 4.21. The largest absolute Gasteiger partial charge is 0.367 e. The van der Waals surface area contributed by atoms with Crippen LogP contribution in [0.2, 0.25) is 0 Å². The Morgan fingerprint density at radius 3 is 2.39 bits per heavy atom. The van der Waals surface area contributed by atoms with Gasteiger partial charge in [-0.2, -0.15) is 17.0 Å². The molecule has 2 N–H and O–H groups in total. The average molecular weight is 277 g/mol. The normalized spacial score (nSPS) is 28.1. The first-order chi connectivity index (χ1) is 8.51. The van der Waals surface area contributed by atoms with Gasteiger partial charge in [0.05, 0.1) is 13.2 Å². The molecular formula is C10H19N3O4S. The number of primary amides is 1. The molecule has 1 atom stereocenters. The van der Waals surface area contributed by atoms with Crippen molar-refractivity contribution < 1.29 is 17.9 Å². The summed E-state index contributed by atoms with van der Waals surface area (Å²) in [6.45, 7) is 1.62. The van der Waals surface area contributed by atoms with Crippen LogP contribution in [0.3, 0.4) is 0 Å². The summed E-state index contributed by atoms with van der Waals surface area (Å²) in [7, 11) is -3.47. The van der Waals surface area contributed by atoms with Crippen molar-refractivity contribution in [2.45, 2.75) is 25.4 Å². The maximum atomic E-state index is 12.4. The lowest BCUT2D eigenvalue weighted by atomic mass is 10.2. The Morgan fingerprint density at radius 2 is 1.78 bits per heavy atom. The summed E-state index contributed by atoms with van der Waals surface area (Å²) in [6.07, 6.45) is 2.02. The van der Waals surface area contributed by atoms with Crippen LogP contribution in [0, 0.1) is 0 Å². The fourth-order valence-electron chi connectivity index (χ4n) is 2.27. The lowest BCUT2D eigenvalue weighted by Gasteiger charge is -2.35. The topological polar surface area (TPSA) is 92.9 Å². The van der Waals surface area contributed by atoms with E-state index in [-0.39, 0.29) is 19.7 Å². The van der Waals surface area contributed by atoms with Gasteiger partial charge in [0.25, 0.3) is 10.2 Å². The molecule has 0 aliphatic carbocycles. The van der Waals surface area contributed by atoms with E-state index in [9.17, 15) is 13.2 Å². The van der Waals surface area contributed by atoms with Gasteiger partial charge in [-0.1, -0.05) is 6.42 Å². The molecule has 1 amide bonds. The van der Waals surface area contributed by atoms with Crippen molar-refractivity contribution in [1.82, 2.24) is 8.61 Å². The molecule has 0 radical (unpaired) electrons. The average Bonchev–Trinajstić information content (AvgIpc) is 2.40. The molecule has 0 unspecified atom stereocenters. The molecule has 0 saturated carbocycles. The van der Waals surface area contributed by atoms with E-state index in [1.807, 2.05) is 0 Å². The molecule has 2 aliphatic rings. The Balaban J connectivity index is 2.06. The van der Waals surface area contributed by atoms with Gasteiger partial charge >= 0.3 is 0 Å². The number of rotatable bonds is 3. The summed E-state index contributed by atoms with van der Waals surface area (Å²) < 4.78 is 32.6. The summed E-state index contributed by atoms with van der Waals surface area (Å²) in [5, 5.41) is 0. The molecule has 0 bridgehead atoms. The minimum Gasteiger partial charge on any atom is -0.367 e. The lowest BCUT2D eigenvalue weighted by Crippen LogP contribution is -2.54. The van der Waals surface area contributed by atoms with E-state index in [4.69, 9.17) is 10.5 Å². The van der Waals surface area contributed by atoms with Gasteiger partial charge < -0.3 is 10.5 Å². The van der Waals surface area contributed by atoms with E-state index in [0.717, 1.165) is 19.3 Å². The number of ether oxygens (including phenoxy) is 1. The highest BCUT2D eigenvalue weighted by Crippen LogP contribution is 2.18. The second kappa shape index (κ2) is 5.52. The van der Waals surface area contributed by atoms with Gasteiger partial charge in [0.1, 0.15) is 6.10 Å². The second-order valence-corrected chi connectivity index (χ2v) is 6.52. The monoisotopic (exact) mass is 277 g/mol. The van der Waals surface area contributed by atoms with Crippen LogP contribution in [-0.2, 0) is 19.7 Å². The smallest absolute Gasteiger partial charge is 0.282 e. The highest BCUT2D eigenvalue weighted by Gasteiger charge is 2.36. The highest BCUT2D eigenvalue weighted by molar-refractivity contribution is 7.86. The van der Waals surface area contributed by atoms with Gasteiger partial charge in [0.15, 0.2) is 0 Å². The molecule has 2 heterocycles. The maximum absolute atomic E-state index is 12.4. The summed E-state index contributed by atoms with van der Waals surface area (Å²) in [5.74, 6) is -0.617. The molecule has 0 aromatic rings. The minimum absolute atomic E-state index is 0.0220. The van der Waals surface area contributed by atoms with Gasteiger partial charge in [0, 0.05) is 19.6 Å². The SMILES string of the molecule is NC(=O)[C@@H]1CN(S(=O)(=O)N2CCCCC2)CCO1. The zero-order valence-corrected chi connectivity index (χ0v) is 11.1. The van der Waals surface area contributed by atoms with Gasteiger partial charge in [-0.3, -0.25) is 4.79 Å². The molecule has 7 nitrogen and oxygen atoms in total. The van der Waals surface area contributed by atoms with E-state index in [1.165, 1.54) is 8.61 Å². The third-order valence-corrected chi connectivity index (χ3v) is 5.32. The molecule has 0 aromatic carbocycles. The van der Waals surface area contributed by atoms with Gasteiger partial charge in [0.2, 0.25) is 5.91 Å². The number of hydrogen-bond donors (Lipinski definition) is 1. The molecular weight excluding hydrogens is 258 g/mol. The molecule has 104 valence electrons. The predicted octanol–water partition coefficient (Wildman–Crippen LogP) is -1.10. The van der Waals surface area contributed by atoms with Crippen molar-refractivity contribution in [2.75, 3.05) is 32.8 Å². The molecule has 2 fully saturated rings. The number of hydrogen-bond acceptors (Lipinski definition) is 4. The number of carbonyl (C=O) groups is 1. The van der Waals surface area contributed by atoms with E-state index < -0.39 is 22.2 Å². The quantitative estimate of drug-likeness (QED) is 0.709. The Labute approximate surface area is 107 Å². The molecule has 2 saturated heterocycles. The number of amides is 1. The van der Waals surface area contributed by atoms with E-state index in [0.29, 0.717) is 13.1 Å². The number of piperidine rings is 1. The fourth-order valence-corrected chi connectivity index (χ4v) is 3.94. The van der Waals surface area contributed by atoms with Crippen LogP contribution in [0.4, 0.5) is 0 Å². The van der Waals surface area contributed by atoms with Crippen molar-refractivity contribution in [3.63, 3.8) is 0 Å². The van der Waals surface area contributed by atoms with E-state index in [1.54, 1.807) is 0 Å². The lowest BCUT2D eigenvalue weighted by molar-refractivity contribution is -0.132. The van der Waals surface area contributed by atoms with Crippen LogP contribution in [0.15, 0.2) is 0 Å². The Hall–Kier alpha value is -0.700. The maximum Gasteiger partial charge on any atom is 0.282 e. The van der Waals surface area contributed by atoms with Crippen molar-refractivity contribution in [2.24, 2.45) is 5.73 Å². The summed E-state index contributed by atoms with van der Waals surface area (Å²) >= 11 is 0. The van der Waals surface area contributed by atoms with Gasteiger partial charge in [-0.25, -0.2) is 0 Å². The summed E-state index contributed by atoms with van der Waals surface area (Å²) in [4.78, 5) is 11.1. The first-order valence-electron chi connectivity index (χ1n) is 6.18. The zero-order chi connectivity index (χ0) is 13.2. The molecule has 0 aromatic heterocycles. The van der Waals surface area contributed by atoms with Crippen molar-refractivity contribution in [1.29, 1.82) is 0 Å². The van der Waals surface area contributed by atoms with Crippen LogP contribution < -0.4 is 5.73 Å². The van der Waals surface area contributed by atoms with Crippen LogP contribution in [0.1, 0.15) is 19.3 Å². The molecule has 2 rings (SSSR count). The summed E-state index contributed by atoms with van der Waals surface area (Å²) in [6, 6.07) is 0. The van der Waals surface area contributed by atoms with Crippen LogP contribution >= 0.6 is 0 Å². The Bertz CT molecular complexity index is 405. The van der Waals surface area contributed by atoms with E-state index in [2.05, 4.69) is 0 Å². The number of nitrogens with zero attached hydrogens (tertiary/aromatic N) is 2. The van der Waals surface area contributed by atoms with E-state index >= 15 is 0 Å². The van der Waals surface area contributed by atoms with Crippen LogP contribution in [0.5, 0.6) is 0 Å². The Morgan fingerprint density at radius 1 is 1.11 bits per heavy atom. The first kappa shape index (κ1) is 13.7. The fraction of sp³-hybridized carbons (Fsp3) is 0.900. The van der Waals surface area contributed by atoms with Crippen LogP contribution in [0.25, 0.3) is 0 Å². The number of morpholine rings is 1. The minimum atomic E-state index is -3.47. The molecule has 8 heteroatoms. The molecule has 18 heavy (non-hydrogen) atoms.